The summed E-state index contributed by atoms with van der Waals surface area (Å²) < 4.78 is 17.4. The van der Waals surface area contributed by atoms with E-state index in [2.05, 4.69) is 13.5 Å². The Morgan fingerprint density at radius 2 is 2.06 bits per heavy atom. The standard InChI is InChI=1S/C25H28O6/c1-12-20-16-6-7-19(28)24(16,3)9-18(31-13(2)26)22(20)25(4)14(10-29-5)8-17(27)15-11-30-23(12)21(15)25/h11,14,16,18H,1,6-10H2,2-5H3/t14-,16+,18-,24+,25+/m1/s1. The first-order valence-corrected chi connectivity index (χ1v) is 10.9. The van der Waals surface area contributed by atoms with Crippen LogP contribution >= 0.6 is 0 Å². The molecule has 0 N–H and O–H groups in total. The van der Waals surface area contributed by atoms with Crippen LogP contribution in [0.1, 0.15) is 68.1 Å². The molecule has 4 aliphatic rings. The van der Waals surface area contributed by atoms with Gasteiger partial charge in [-0.15, -0.1) is 0 Å². The normalized spacial score (nSPS) is 36.3. The lowest BCUT2D eigenvalue weighted by Gasteiger charge is -2.53. The molecule has 0 saturated heterocycles. The van der Waals surface area contributed by atoms with Crippen LogP contribution in [0.15, 0.2) is 28.4 Å². The van der Waals surface area contributed by atoms with E-state index in [1.54, 1.807) is 7.11 Å². The highest BCUT2D eigenvalue weighted by Gasteiger charge is 2.62. The van der Waals surface area contributed by atoms with Crippen molar-refractivity contribution in [3.05, 3.63) is 40.9 Å². The number of allylic oxidation sites excluding steroid dienone is 2. The number of ketones is 2. The fourth-order valence-electron chi connectivity index (χ4n) is 6.88. The molecular weight excluding hydrogens is 396 g/mol. The molecule has 1 heterocycles. The Morgan fingerprint density at radius 3 is 2.74 bits per heavy atom. The number of hydrogen-bond donors (Lipinski definition) is 0. The molecule has 1 aromatic rings. The summed E-state index contributed by atoms with van der Waals surface area (Å²) in [7, 11) is 1.63. The summed E-state index contributed by atoms with van der Waals surface area (Å²) in [4.78, 5) is 38.0. The van der Waals surface area contributed by atoms with Crippen molar-refractivity contribution >= 4 is 23.1 Å². The lowest BCUT2D eigenvalue weighted by atomic mass is 9.50. The highest BCUT2D eigenvalue weighted by molar-refractivity contribution is 6.03. The molecule has 4 aliphatic carbocycles. The number of ether oxygens (including phenoxy) is 2. The summed E-state index contributed by atoms with van der Waals surface area (Å²) >= 11 is 0. The number of hydrogen-bond acceptors (Lipinski definition) is 6. The zero-order chi connectivity index (χ0) is 22.3. The molecule has 0 aliphatic heterocycles. The number of carbonyl (C=O) groups is 3. The predicted octanol–water partition coefficient (Wildman–Crippen LogP) is 4.03. The van der Waals surface area contributed by atoms with Gasteiger partial charge in [0.2, 0.25) is 0 Å². The second kappa shape index (κ2) is 6.52. The molecule has 5 rings (SSSR count). The first kappa shape index (κ1) is 20.4. The lowest BCUT2D eigenvalue weighted by molar-refractivity contribution is -0.149. The maximum Gasteiger partial charge on any atom is 0.303 e. The van der Waals surface area contributed by atoms with Gasteiger partial charge in [-0.1, -0.05) is 20.4 Å². The van der Waals surface area contributed by atoms with Crippen molar-refractivity contribution < 1.29 is 28.3 Å². The van der Waals surface area contributed by atoms with Crippen molar-refractivity contribution in [1.29, 1.82) is 0 Å². The first-order chi connectivity index (χ1) is 14.6. The van der Waals surface area contributed by atoms with Crippen molar-refractivity contribution in [3.8, 4) is 0 Å². The predicted molar refractivity (Wildman–Crippen MR) is 112 cm³/mol. The number of Topliss-reactive ketones (excluding diaryl/α,β-unsaturated/α-hetero) is 2. The molecular formula is C25H28O6. The molecule has 0 bridgehead atoms. The van der Waals surface area contributed by atoms with Gasteiger partial charge in [0.1, 0.15) is 23.9 Å². The van der Waals surface area contributed by atoms with Crippen LogP contribution in [0.5, 0.6) is 0 Å². The van der Waals surface area contributed by atoms with Crippen LogP contribution in [0.4, 0.5) is 0 Å². The van der Waals surface area contributed by atoms with Gasteiger partial charge in [-0.2, -0.15) is 0 Å². The summed E-state index contributed by atoms with van der Waals surface area (Å²) in [6.07, 6.45) is 3.01. The average Bonchev–Trinajstić information content (AvgIpc) is 3.27. The molecule has 31 heavy (non-hydrogen) atoms. The van der Waals surface area contributed by atoms with Crippen LogP contribution in [0.3, 0.4) is 0 Å². The lowest BCUT2D eigenvalue weighted by Crippen LogP contribution is -2.53. The maximum absolute atomic E-state index is 13.0. The minimum Gasteiger partial charge on any atom is -0.463 e. The van der Waals surface area contributed by atoms with Crippen molar-refractivity contribution in [1.82, 2.24) is 0 Å². The topological polar surface area (TPSA) is 82.8 Å². The van der Waals surface area contributed by atoms with Gasteiger partial charge < -0.3 is 13.9 Å². The number of carbonyl (C=O) groups excluding carboxylic acids is 3. The minimum atomic E-state index is -0.606. The molecule has 0 amide bonds. The van der Waals surface area contributed by atoms with Crippen LogP contribution in [0, 0.1) is 17.3 Å². The van der Waals surface area contributed by atoms with Gasteiger partial charge in [0, 0.05) is 61.2 Å². The molecule has 1 aromatic heterocycles. The van der Waals surface area contributed by atoms with Crippen molar-refractivity contribution in [2.45, 2.75) is 58.0 Å². The Hall–Kier alpha value is -2.47. The van der Waals surface area contributed by atoms with E-state index in [0.29, 0.717) is 42.8 Å². The third kappa shape index (κ3) is 2.45. The summed E-state index contributed by atoms with van der Waals surface area (Å²) in [5, 5.41) is 0. The summed E-state index contributed by atoms with van der Waals surface area (Å²) in [5.74, 6) is 0.335. The maximum atomic E-state index is 13.0. The molecule has 0 aromatic carbocycles. The fourth-order valence-corrected chi connectivity index (χ4v) is 6.88. The Bertz CT molecular complexity index is 1070. The van der Waals surface area contributed by atoms with Crippen molar-refractivity contribution in [3.63, 3.8) is 0 Å². The van der Waals surface area contributed by atoms with E-state index < -0.39 is 16.9 Å². The highest BCUT2D eigenvalue weighted by atomic mass is 16.5. The molecule has 5 atom stereocenters. The number of fused-ring (bicyclic) bond motifs is 3. The second-order valence-electron chi connectivity index (χ2n) is 9.88. The molecule has 0 radical (unpaired) electrons. The van der Waals surface area contributed by atoms with Crippen LogP contribution < -0.4 is 0 Å². The molecule has 1 fully saturated rings. The van der Waals surface area contributed by atoms with E-state index in [1.807, 2.05) is 6.92 Å². The van der Waals surface area contributed by atoms with Gasteiger partial charge >= 0.3 is 5.97 Å². The van der Waals surface area contributed by atoms with E-state index in [4.69, 9.17) is 13.9 Å². The Labute approximate surface area is 181 Å². The van der Waals surface area contributed by atoms with Gasteiger partial charge in [0.15, 0.2) is 5.78 Å². The molecule has 0 spiro atoms. The van der Waals surface area contributed by atoms with Gasteiger partial charge in [-0.05, 0) is 23.5 Å². The van der Waals surface area contributed by atoms with E-state index in [1.165, 1.54) is 13.2 Å². The highest BCUT2D eigenvalue weighted by Crippen LogP contribution is 2.64. The molecule has 164 valence electrons. The molecule has 6 heteroatoms. The minimum absolute atomic E-state index is 0.00587. The van der Waals surface area contributed by atoms with E-state index in [9.17, 15) is 14.4 Å². The van der Waals surface area contributed by atoms with E-state index in [0.717, 1.165) is 23.1 Å². The SMILES string of the molecule is C=C1C2=C([C@H](OC(C)=O)C[C@]3(C)C(=O)CC[C@@H]23)[C@]2(C)c3c(coc31)C(=O)C[C@@H]2COC. The van der Waals surface area contributed by atoms with Crippen LogP contribution in [-0.2, 0) is 24.5 Å². The summed E-state index contributed by atoms with van der Waals surface area (Å²) in [5.41, 5.74) is 2.88. The Morgan fingerprint density at radius 1 is 1.32 bits per heavy atom. The van der Waals surface area contributed by atoms with Gasteiger partial charge in [0.05, 0.1) is 12.2 Å². The van der Waals surface area contributed by atoms with Gasteiger partial charge in [-0.25, -0.2) is 0 Å². The Balaban J connectivity index is 1.82. The molecule has 0 unspecified atom stereocenters. The van der Waals surface area contributed by atoms with Crippen LogP contribution in [0.25, 0.3) is 5.57 Å². The largest absolute Gasteiger partial charge is 0.463 e. The zero-order valence-corrected chi connectivity index (χ0v) is 18.5. The number of methoxy groups -OCH3 is 1. The first-order valence-electron chi connectivity index (χ1n) is 10.9. The van der Waals surface area contributed by atoms with E-state index >= 15 is 0 Å². The average molecular weight is 424 g/mol. The monoisotopic (exact) mass is 424 g/mol. The third-order valence-electron chi connectivity index (χ3n) is 8.33. The summed E-state index contributed by atoms with van der Waals surface area (Å²) in [6.45, 7) is 10.2. The van der Waals surface area contributed by atoms with Crippen LogP contribution in [0.2, 0.25) is 0 Å². The quantitative estimate of drug-likeness (QED) is 0.682. The van der Waals surface area contributed by atoms with Gasteiger partial charge in [-0.3, -0.25) is 14.4 Å². The molecule has 1 saturated carbocycles. The number of rotatable bonds is 3. The second-order valence-corrected chi connectivity index (χ2v) is 9.88. The van der Waals surface area contributed by atoms with Gasteiger partial charge in [0.25, 0.3) is 0 Å². The Kier molecular flexibility index (Phi) is 4.30. The third-order valence-corrected chi connectivity index (χ3v) is 8.33. The zero-order valence-electron chi connectivity index (χ0n) is 18.5. The smallest absolute Gasteiger partial charge is 0.303 e. The number of furan rings is 1. The van der Waals surface area contributed by atoms with Crippen LogP contribution in [-0.4, -0.2) is 37.4 Å². The molecule has 6 nitrogen and oxygen atoms in total. The van der Waals surface area contributed by atoms with Crippen molar-refractivity contribution in [2.24, 2.45) is 17.3 Å². The number of esters is 1. The summed E-state index contributed by atoms with van der Waals surface area (Å²) in [6, 6.07) is 0. The fraction of sp³-hybridized carbons (Fsp3) is 0.560. The van der Waals surface area contributed by atoms with Crippen molar-refractivity contribution in [2.75, 3.05) is 13.7 Å². The van der Waals surface area contributed by atoms with E-state index in [-0.39, 0.29) is 29.4 Å².